The number of ether oxygens (including phenoxy) is 1. The van der Waals surface area contributed by atoms with Crippen LogP contribution in [0.15, 0.2) is 24.3 Å². The first-order chi connectivity index (χ1) is 11.1. The molecule has 1 aromatic rings. The molecule has 0 aromatic heterocycles. The largest absolute Gasteiger partial charge is 0.494 e. The van der Waals surface area contributed by atoms with Crippen LogP contribution in [-0.2, 0) is 6.42 Å². The van der Waals surface area contributed by atoms with Gasteiger partial charge in [0.15, 0.2) is 0 Å². The second kappa shape index (κ2) is 6.12. The van der Waals surface area contributed by atoms with Crippen molar-refractivity contribution < 1.29 is 4.74 Å². The third-order valence-corrected chi connectivity index (χ3v) is 6.55. The SMILES string of the molecule is CC(N)Cc1ccc(OCCC23CC4CC(CC(C4)C2)C3)cc1. The van der Waals surface area contributed by atoms with E-state index < -0.39 is 0 Å². The molecule has 0 aliphatic heterocycles. The average Bonchev–Trinajstić information content (AvgIpc) is 2.47. The minimum atomic E-state index is 0.220. The topological polar surface area (TPSA) is 35.2 Å². The maximum absolute atomic E-state index is 6.07. The van der Waals surface area contributed by atoms with Gasteiger partial charge in [-0.15, -0.1) is 0 Å². The highest BCUT2D eigenvalue weighted by molar-refractivity contribution is 5.27. The Balaban J connectivity index is 1.30. The molecule has 0 amide bonds. The summed E-state index contributed by atoms with van der Waals surface area (Å²) >= 11 is 0. The predicted molar refractivity (Wildman–Crippen MR) is 94.5 cm³/mol. The Hall–Kier alpha value is -1.02. The summed E-state index contributed by atoms with van der Waals surface area (Å²) in [5.41, 5.74) is 7.78. The van der Waals surface area contributed by atoms with E-state index in [1.807, 2.05) is 0 Å². The fourth-order valence-electron chi connectivity index (χ4n) is 6.08. The fourth-order valence-corrected chi connectivity index (χ4v) is 6.08. The summed E-state index contributed by atoms with van der Waals surface area (Å²) in [5, 5.41) is 0. The van der Waals surface area contributed by atoms with Gasteiger partial charge in [0.05, 0.1) is 6.61 Å². The molecule has 1 atom stereocenters. The van der Waals surface area contributed by atoms with Crippen LogP contribution in [0.25, 0.3) is 0 Å². The van der Waals surface area contributed by atoms with Crippen molar-refractivity contribution in [2.75, 3.05) is 6.61 Å². The van der Waals surface area contributed by atoms with E-state index in [0.717, 1.165) is 36.5 Å². The van der Waals surface area contributed by atoms with Gasteiger partial charge in [0.1, 0.15) is 5.75 Å². The average molecular weight is 313 g/mol. The molecule has 2 nitrogen and oxygen atoms in total. The van der Waals surface area contributed by atoms with Crippen molar-refractivity contribution in [2.45, 2.75) is 64.3 Å². The lowest BCUT2D eigenvalue weighted by Gasteiger charge is -2.57. The zero-order valence-electron chi connectivity index (χ0n) is 14.5. The van der Waals surface area contributed by atoms with Gasteiger partial charge in [0.25, 0.3) is 0 Å². The van der Waals surface area contributed by atoms with Gasteiger partial charge in [-0.3, -0.25) is 0 Å². The third kappa shape index (κ3) is 3.42. The van der Waals surface area contributed by atoms with E-state index >= 15 is 0 Å². The summed E-state index contributed by atoms with van der Waals surface area (Å²) in [5.74, 6) is 4.14. The Labute approximate surface area is 140 Å². The molecule has 4 aliphatic carbocycles. The molecule has 0 radical (unpaired) electrons. The normalized spacial score (nSPS) is 36.2. The molecule has 2 N–H and O–H groups in total. The molecule has 4 fully saturated rings. The molecule has 1 aromatic carbocycles. The number of hydrogen-bond acceptors (Lipinski definition) is 2. The maximum Gasteiger partial charge on any atom is 0.119 e. The molecule has 0 spiro atoms. The Bertz CT molecular complexity index is 498. The highest BCUT2D eigenvalue weighted by atomic mass is 16.5. The molecule has 0 saturated heterocycles. The molecular formula is C21H31NO. The van der Waals surface area contributed by atoms with Crippen LogP contribution in [0.4, 0.5) is 0 Å². The smallest absolute Gasteiger partial charge is 0.119 e. The second-order valence-corrected chi connectivity index (χ2v) is 8.84. The summed E-state index contributed by atoms with van der Waals surface area (Å²) in [6.45, 7) is 2.94. The van der Waals surface area contributed by atoms with E-state index in [-0.39, 0.29) is 6.04 Å². The van der Waals surface area contributed by atoms with E-state index in [1.54, 1.807) is 0 Å². The Morgan fingerprint density at radius 1 is 1.04 bits per heavy atom. The molecular weight excluding hydrogens is 282 g/mol. The van der Waals surface area contributed by atoms with Crippen molar-refractivity contribution in [2.24, 2.45) is 28.9 Å². The van der Waals surface area contributed by atoms with Crippen LogP contribution in [0, 0.1) is 23.2 Å². The molecule has 23 heavy (non-hydrogen) atoms. The van der Waals surface area contributed by atoms with Crippen molar-refractivity contribution in [3.8, 4) is 5.75 Å². The van der Waals surface area contributed by atoms with E-state index in [2.05, 4.69) is 31.2 Å². The maximum atomic E-state index is 6.07. The van der Waals surface area contributed by atoms with Gasteiger partial charge in [0.2, 0.25) is 0 Å². The van der Waals surface area contributed by atoms with E-state index in [0.29, 0.717) is 5.41 Å². The standard InChI is InChI=1S/C21H31NO/c1-15(22)8-16-2-4-20(5-3-16)23-7-6-21-12-17-9-18(13-21)11-19(10-17)14-21/h2-5,15,17-19H,6-14,22H2,1H3. The quantitative estimate of drug-likeness (QED) is 0.835. The number of rotatable bonds is 6. The number of benzene rings is 1. The Morgan fingerprint density at radius 2 is 1.61 bits per heavy atom. The van der Waals surface area contributed by atoms with Crippen molar-refractivity contribution in [3.63, 3.8) is 0 Å². The minimum absolute atomic E-state index is 0.220. The zero-order chi connectivity index (χ0) is 15.9. The molecule has 4 saturated carbocycles. The van der Waals surface area contributed by atoms with Gasteiger partial charge < -0.3 is 10.5 Å². The minimum Gasteiger partial charge on any atom is -0.494 e. The van der Waals surface area contributed by atoms with Crippen LogP contribution >= 0.6 is 0 Å². The lowest BCUT2D eigenvalue weighted by molar-refractivity contribution is -0.0622. The van der Waals surface area contributed by atoms with E-state index in [1.165, 1.54) is 50.5 Å². The summed E-state index contributed by atoms with van der Waals surface area (Å²) in [4.78, 5) is 0. The summed E-state index contributed by atoms with van der Waals surface area (Å²) < 4.78 is 6.07. The molecule has 126 valence electrons. The van der Waals surface area contributed by atoms with Crippen LogP contribution in [0.5, 0.6) is 5.75 Å². The monoisotopic (exact) mass is 313 g/mol. The highest BCUT2D eigenvalue weighted by Crippen LogP contribution is 2.61. The zero-order valence-corrected chi connectivity index (χ0v) is 14.5. The molecule has 4 aliphatic rings. The van der Waals surface area contributed by atoms with Crippen molar-refractivity contribution >= 4 is 0 Å². The molecule has 5 rings (SSSR count). The van der Waals surface area contributed by atoms with E-state index in [9.17, 15) is 0 Å². The van der Waals surface area contributed by atoms with Crippen molar-refractivity contribution in [3.05, 3.63) is 29.8 Å². The number of hydrogen-bond donors (Lipinski definition) is 1. The first-order valence-corrected chi connectivity index (χ1v) is 9.58. The molecule has 1 unspecified atom stereocenters. The van der Waals surface area contributed by atoms with Gasteiger partial charge in [0, 0.05) is 6.04 Å². The van der Waals surface area contributed by atoms with Gasteiger partial charge in [-0.2, -0.15) is 0 Å². The van der Waals surface area contributed by atoms with Crippen LogP contribution in [0.2, 0.25) is 0 Å². The fraction of sp³-hybridized carbons (Fsp3) is 0.714. The van der Waals surface area contributed by atoms with Gasteiger partial charge in [-0.25, -0.2) is 0 Å². The van der Waals surface area contributed by atoms with E-state index in [4.69, 9.17) is 10.5 Å². The molecule has 0 heterocycles. The van der Waals surface area contributed by atoms with Crippen molar-refractivity contribution in [1.29, 1.82) is 0 Å². The van der Waals surface area contributed by atoms with Crippen LogP contribution < -0.4 is 10.5 Å². The Morgan fingerprint density at radius 3 is 2.13 bits per heavy atom. The third-order valence-electron chi connectivity index (χ3n) is 6.55. The molecule has 4 bridgehead atoms. The van der Waals surface area contributed by atoms with Crippen LogP contribution in [-0.4, -0.2) is 12.6 Å². The first kappa shape index (κ1) is 15.5. The van der Waals surface area contributed by atoms with Gasteiger partial charge in [-0.1, -0.05) is 12.1 Å². The van der Waals surface area contributed by atoms with Gasteiger partial charge in [-0.05, 0) is 99.2 Å². The lowest BCUT2D eigenvalue weighted by atomic mass is 9.49. The highest BCUT2D eigenvalue weighted by Gasteiger charge is 2.50. The predicted octanol–water partition coefficient (Wildman–Crippen LogP) is 4.56. The summed E-state index contributed by atoms with van der Waals surface area (Å²) in [6.07, 6.45) is 11.2. The summed E-state index contributed by atoms with van der Waals surface area (Å²) in [6, 6.07) is 8.75. The second-order valence-electron chi connectivity index (χ2n) is 8.84. The van der Waals surface area contributed by atoms with Gasteiger partial charge >= 0.3 is 0 Å². The van der Waals surface area contributed by atoms with Crippen LogP contribution in [0.3, 0.4) is 0 Å². The summed E-state index contributed by atoms with van der Waals surface area (Å²) in [7, 11) is 0. The Kier molecular flexibility index (Phi) is 4.13. The van der Waals surface area contributed by atoms with Crippen LogP contribution in [0.1, 0.15) is 57.4 Å². The van der Waals surface area contributed by atoms with Crippen molar-refractivity contribution in [1.82, 2.24) is 0 Å². The molecule has 2 heteroatoms. The number of nitrogens with two attached hydrogens (primary N) is 1. The first-order valence-electron chi connectivity index (χ1n) is 9.58. The lowest BCUT2D eigenvalue weighted by Crippen LogP contribution is -2.46.